The van der Waals surface area contributed by atoms with E-state index in [1.165, 1.54) is 29.9 Å². The van der Waals surface area contributed by atoms with Gasteiger partial charge in [0.15, 0.2) is 0 Å². The van der Waals surface area contributed by atoms with Crippen molar-refractivity contribution in [1.29, 1.82) is 5.41 Å². The Balaban J connectivity index is 1.33. The molecule has 1 aromatic heterocycles. The summed E-state index contributed by atoms with van der Waals surface area (Å²) < 4.78 is 0. The number of nitrogens with zero attached hydrogens (tertiary/aromatic N) is 3. The minimum absolute atomic E-state index is 0.223. The topological polar surface area (TPSA) is 63.5 Å². The number of rotatable bonds is 5. The summed E-state index contributed by atoms with van der Waals surface area (Å²) in [4.78, 5) is 9.05. The van der Waals surface area contributed by atoms with Crippen LogP contribution in [0.25, 0.3) is 16.8 Å². The Kier molecular flexibility index (Phi) is 5.01. The van der Waals surface area contributed by atoms with Crippen molar-refractivity contribution in [3.05, 3.63) is 76.3 Å². The van der Waals surface area contributed by atoms with Gasteiger partial charge in [-0.05, 0) is 30.5 Å². The predicted octanol–water partition coefficient (Wildman–Crippen LogP) is 5.17. The summed E-state index contributed by atoms with van der Waals surface area (Å²) in [6, 6.07) is 18.6. The molecule has 30 heavy (non-hydrogen) atoms. The SMILES string of the molecule is N=C1C(c2nc(-c3ccc(N4CCCC4)cc3)cs2)=C(O)CN1Cc1ccccc1. The summed E-state index contributed by atoms with van der Waals surface area (Å²) in [5.74, 6) is 0.558. The van der Waals surface area contributed by atoms with Crippen LogP contribution in [-0.4, -0.2) is 40.5 Å². The van der Waals surface area contributed by atoms with Gasteiger partial charge in [-0.1, -0.05) is 42.5 Å². The average molecular weight is 417 g/mol. The number of aliphatic hydroxyl groups is 1. The number of nitrogens with one attached hydrogen (secondary N) is 1. The second kappa shape index (κ2) is 7.95. The number of aliphatic hydroxyl groups excluding tert-OH is 1. The molecular formula is C24H24N4OS. The maximum atomic E-state index is 10.6. The van der Waals surface area contributed by atoms with Crippen LogP contribution in [0.4, 0.5) is 5.69 Å². The summed E-state index contributed by atoms with van der Waals surface area (Å²) in [6.45, 7) is 3.22. The number of hydrogen-bond donors (Lipinski definition) is 2. The molecule has 1 saturated heterocycles. The molecule has 0 radical (unpaired) electrons. The number of amidine groups is 1. The van der Waals surface area contributed by atoms with Crippen molar-refractivity contribution in [3.63, 3.8) is 0 Å². The van der Waals surface area contributed by atoms with E-state index >= 15 is 0 Å². The van der Waals surface area contributed by atoms with E-state index in [0.717, 1.165) is 29.9 Å². The van der Waals surface area contributed by atoms with E-state index in [1.807, 2.05) is 40.6 Å². The highest BCUT2D eigenvalue weighted by atomic mass is 32.1. The molecule has 6 heteroatoms. The third kappa shape index (κ3) is 3.59. The first-order valence-electron chi connectivity index (χ1n) is 10.3. The lowest BCUT2D eigenvalue weighted by Crippen LogP contribution is -2.25. The highest BCUT2D eigenvalue weighted by Gasteiger charge is 2.30. The first-order chi connectivity index (χ1) is 14.7. The van der Waals surface area contributed by atoms with E-state index in [4.69, 9.17) is 10.4 Å². The van der Waals surface area contributed by atoms with Crippen LogP contribution in [0.3, 0.4) is 0 Å². The van der Waals surface area contributed by atoms with Crippen molar-refractivity contribution in [2.24, 2.45) is 0 Å². The standard InChI is InChI=1S/C24H24N4OS/c25-23-22(21(29)15-28(23)14-17-6-2-1-3-7-17)24-26-20(16-30-24)18-8-10-19(11-9-18)27-12-4-5-13-27/h1-3,6-11,16,25,29H,4-5,12-15H2. The van der Waals surface area contributed by atoms with Gasteiger partial charge in [-0.25, -0.2) is 4.98 Å². The predicted molar refractivity (Wildman–Crippen MR) is 123 cm³/mol. The highest BCUT2D eigenvalue weighted by molar-refractivity contribution is 7.11. The molecule has 0 spiro atoms. The summed E-state index contributed by atoms with van der Waals surface area (Å²) in [5.41, 5.74) is 4.88. The molecule has 2 N–H and O–H groups in total. The lowest BCUT2D eigenvalue weighted by atomic mass is 10.1. The Bertz CT molecular complexity index is 1080. The van der Waals surface area contributed by atoms with Crippen LogP contribution in [0.15, 0.2) is 65.7 Å². The fourth-order valence-electron chi connectivity index (χ4n) is 4.14. The molecule has 5 nitrogen and oxygen atoms in total. The zero-order chi connectivity index (χ0) is 20.5. The molecule has 1 fully saturated rings. The van der Waals surface area contributed by atoms with Crippen molar-refractivity contribution in [3.8, 4) is 11.3 Å². The van der Waals surface area contributed by atoms with Crippen LogP contribution in [0.1, 0.15) is 23.4 Å². The smallest absolute Gasteiger partial charge is 0.135 e. The number of anilines is 1. The van der Waals surface area contributed by atoms with E-state index in [2.05, 4.69) is 29.2 Å². The molecule has 0 bridgehead atoms. The summed E-state index contributed by atoms with van der Waals surface area (Å²) in [5, 5.41) is 21.9. The number of benzene rings is 2. The molecule has 2 aliphatic rings. The normalized spacial score (nSPS) is 16.7. The molecule has 0 aliphatic carbocycles. The van der Waals surface area contributed by atoms with Crippen LogP contribution in [0, 0.1) is 5.41 Å². The Labute approximate surface area is 180 Å². The molecule has 0 saturated carbocycles. The molecule has 152 valence electrons. The molecule has 3 heterocycles. The first-order valence-corrected chi connectivity index (χ1v) is 11.2. The maximum Gasteiger partial charge on any atom is 0.135 e. The lowest BCUT2D eigenvalue weighted by Gasteiger charge is -2.18. The molecule has 0 amide bonds. The van der Waals surface area contributed by atoms with E-state index in [1.54, 1.807) is 0 Å². The Morgan fingerprint density at radius 1 is 1.00 bits per heavy atom. The molecule has 0 atom stereocenters. The second-order valence-corrected chi connectivity index (χ2v) is 8.65. The van der Waals surface area contributed by atoms with Gasteiger partial charge in [0.25, 0.3) is 0 Å². The summed E-state index contributed by atoms with van der Waals surface area (Å²) >= 11 is 1.48. The van der Waals surface area contributed by atoms with Crippen LogP contribution in [0.5, 0.6) is 0 Å². The molecule has 3 aromatic rings. The van der Waals surface area contributed by atoms with Crippen LogP contribution in [0.2, 0.25) is 0 Å². The number of aromatic nitrogens is 1. The van der Waals surface area contributed by atoms with Gasteiger partial charge in [0, 0.05) is 36.3 Å². The Hall–Kier alpha value is -3.12. The van der Waals surface area contributed by atoms with Gasteiger partial charge in [-0.2, -0.15) is 0 Å². The van der Waals surface area contributed by atoms with E-state index in [-0.39, 0.29) is 5.76 Å². The monoisotopic (exact) mass is 416 g/mol. The van der Waals surface area contributed by atoms with Crippen LogP contribution >= 0.6 is 11.3 Å². The van der Waals surface area contributed by atoms with Gasteiger partial charge in [-0.3, -0.25) is 5.41 Å². The van der Waals surface area contributed by atoms with Gasteiger partial charge >= 0.3 is 0 Å². The van der Waals surface area contributed by atoms with Gasteiger partial charge in [0.05, 0.1) is 17.8 Å². The van der Waals surface area contributed by atoms with Gasteiger partial charge in [-0.15, -0.1) is 11.3 Å². The van der Waals surface area contributed by atoms with Crippen molar-refractivity contribution < 1.29 is 5.11 Å². The van der Waals surface area contributed by atoms with Crippen LogP contribution < -0.4 is 4.90 Å². The fourth-order valence-corrected chi connectivity index (χ4v) is 5.03. The largest absolute Gasteiger partial charge is 0.510 e. The van der Waals surface area contributed by atoms with Crippen molar-refractivity contribution in [2.45, 2.75) is 19.4 Å². The van der Waals surface area contributed by atoms with Gasteiger partial charge in [0.2, 0.25) is 0 Å². The highest BCUT2D eigenvalue weighted by Crippen LogP contribution is 2.33. The van der Waals surface area contributed by atoms with Crippen molar-refractivity contribution in [2.75, 3.05) is 24.5 Å². The Morgan fingerprint density at radius 2 is 1.73 bits per heavy atom. The molecule has 5 rings (SSSR count). The van der Waals surface area contributed by atoms with E-state index in [9.17, 15) is 5.11 Å². The maximum absolute atomic E-state index is 10.6. The third-order valence-electron chi connectivity index (χ3n) is 5.75. The Morgan fingerprint density at radius 3 is 2.47 bits per heavy atom. The molecule has 2 aliphatic heterocycles. The molecule has 2 aromatic carbocycles. The zero-order valence-corrected chi connectivity index (χ0v) is 17.5. The third-order valence-corrected chi connectivity index (χ3v) is 6.61. The van der Waals surface area contributed by atoms with Gasteiger partial charge < -0.3 is 14.9 Å². The van der Waals surface area contributed by atoms with E-state index in [0.29, 0.717) is 29.5 Å². The van der Waals surface area contributed by atoms with Crippen molar-refractivity contribution in [1.82, 2.24) is 9.88 Å². The molecule has 0 unspecified atom stereocenters. The van der Waals surface area contributed by atoms with E-state index < -0.39 is 0 Å². The average Bonchev–Trinajstić information content (AvgIpc) is 3.51. The summed E-state index contributed by atoms with van der Waals surface area (Å²) in [7, 11) is 0. The van der Waals surface area contributed by atoms with Gasteiger partial charge in [0.1, 0.15) is 16.6 Å². The van der Waals surface area contributed by atoms with Crippen molar-refractivity contribution >= 4 is 28.4 Å². The first kappa shape index (κ1) is 18.9. The number of thiazole rings is 1. The summed E-state index contributed by atoms with van der Waals surface area (Å²) in [6.07, 6.45) is 2.53. The molecular weight excluding hydrogens is 392 g/mol. The van der Waals surface area contributed by atoms with Crippen LogP contribution in [-0.2, 0) is 6.54 Å². The number of hydrogen-bond acceptors (Lipinski definition) is 5. The minimum Gasteiger partial charge on any atom is -0.510 e. The fraction of sp³-hybridized carbons (Fsp3) is 0.250. The lowest BCUT2D eigenvalue weighted by molar-refractivity contribution is 0.347. The minimum atomic E-state index is 0.223. The zero-order valence-electron chi connectivity index (χ0n) is 16.7. The quantitative estimate of drug-likeness (QED) is 0.602. The second-order valence-electron chi connectivity index (χ2n) is 7.79.